The Balaban J connectivity index is 2.59. The van der Waals surface area contributed by atoms with Gasteiger partial charge in [-0.25, -0.2) is 4.39 Å². The quantitative estimate of drug-likeness (QED) is 0.516. The molecule has 2 atom stereocenters. The molecule has 1 fully saturated rings. The van der Waals surface area contributed by atoms with Gasteiger partial charge in [0.2, 0.25) is 7.85 Å². The maximum atomic E-state index is 12.6. The Morgan fingerprint density at radius 1 is 1.69 bits per heavy atom. The predicted molar refractivity (Wildman–Crippen MR) is 56.5 cm³/mol. The van der Waals surface area contributed by atoms with Gasteiger partial charge in [0, 0.05) is 19.0 Å². The number of nitrogens with zero attached hydrogens (tertiary/aromatic N) is 1. The van der Waals surface area contributed by atoms with Crippen LogP contribution < -0.4 is 0 Å². The van der Waals surface area contributed by atoms with Crippen LogP contribution in [0.2, 0.25) is 0 Å². The Hall–Kier alpha value is -0.625. The first-order valence-electron chi connectivity index (χ1n) is 4.82. The highest BCUT2D eigenvalue weighted by molar-refractivity contribution is 7.86. The Labute approximate surface area is 95.5 Å². The van der Waals surface area contributed by atoms with Crippen molar-refractivity contribution in [2.24, 2.45) is 5.92 Å². The largest absolute Gasteiger partial charge is 0.352 e. The second-order valence-electron chi connectivity index (χ2n) is 3.83. The van der Waals surface area contributed by atoms with Crippen molar-refractivity contribution in [3.8, 4) is 0 Å². The van der Waals surface area contributed by atoms with Crippen LogP contribution >= 0.6 is 0 Å². The lowest BCUT2D eigenvalue weighted by atomic mass is 10.0. The van der Waals surface area contributed by atoms with E-state index in [1.807, 2.05) is 0 Å². The Morgan fingerprint density at radius 2 is 2.31 bits per heavy atom. The minimum Gasteiger partial charge on any atom is -0.352 e. The molecule has 0 aromatic rings. The number of halogens is 1. The molecular formula is C8H13BFNO4S. The molecule has 0 aromatic heterocycles. The smallest absolute Gasteiger partial charge is 0.264 e. The van der Waals surface area contributed by atoms with E-state index in [1.54, 1.807) is 0 Å². The number of amides is 1. The summed E-state index contributed by atoms with van der Waals surface area (Å²) in [7, 11) is 1.38. The molecule has 5 nitrogen and oxygen atoms in total. The maximum absolute atomic E-state index is 12.6. The summed E-state index contributed by atoms with van der Waals surface area (Å²) in [5.41, 5.74) is 0. The third-order valence-electron chi connectivity index (χ3n) is 2.51. The van der Waals surface area contributed by atoms with Gasteiger partial charge in [-0.05, 0) is 6.42 Å². The monoisotopic (exact) mass is 249 g/mol. The van der Waals surface area contributed by atoms with E-state index in [4.69, 9.17) is 7.85 Å². The summed E-state index contributed by atoms with van der Waals surface area (Å²) in [6.45, 7) is -0.257. The molecule has 90 valence electrons. The van der Waals surface area contributed by atoms with E-state index in [0.29, 0.717) is 13.0 Å². The van der Waals surface area contributed by atoms with Gasteiger partial charge in [0.1, 0.15) is 12.8 Å². The van der Waals surface area contributed by atoms with E-state index in [0.717, 1.165) is 6.26 Å². The Kier molecular flexibility index (Phi) is 4.31. The van der Waals surface area contributed by atoms with E-state index in [2.05, 4.69) is 4.18 Å². The lowest BCUT2D eigenvalue weighted by molar-refractivity contribution is 0.116. The molecule has 1 saturated heterocycles. The van der Waals surface area contributed by atoms with Crippen LogP contribution in [-0.4, -0.2) is 59.1 Å². The van der Waals surface area contributed by atoms with Crippen LogP contribution in [0.15, 0.2) is 0 Å². The molecule has 1 unspecified atom stereocenters. The number of alkyl halides is 1. The number of hydrogen-bond donors (Lipinski definition) is 0. The molecule has 1 aliphatic rings. The molecule has 1 aliphatic heterocycles. The van der Waals surface area contributed by atoms with Gasteiger partial charge in [-0.15, -0.1) is 0 Å². The number of hydrogen-bond acceptors (Lipinski definition) is 4. The summed E-state index contributed by atoms with van der Waals surface area (Å²) in [6.07, 6.45) is 0.336. The fourth-order valence-electron chi connectivity index (χ4n) is 1.75. The van der Waals surface area contributed by atoms with Crippen LogP contribution in [0, 0.1) is 5.92 Å². The zero-order valence-electron chi connectivity index (χ0n) is 8.93. The van der Waals surface area contributed by atoms with Crippen molar-refractivity contribution in [1.29, 1.82) is 0 Å². The molecule has 0 N–H and O–H groups in total. The topological polar surface area (TPSA) is 63.7 Å². The SMILES string of the molecule is [B]C(=O)N1CC[C@H](C(CF)OS(C)(=O)=O)C1. The molecule has 0 aliphatic carbocycles. The summed E-state index contributed by atoms with van der Waals surface area (Å²) in [5.74, 6) is -0.910. The first-order chi connectivity index (χ1) is 7.33. The van der Waals surface area contributed by atoms with Crippen LogP contribution in [-0.2, 0) is 14.3 Å². The first kappa shape index (κ1) is 13.4. The van der Waals surface area contributed by atoms with Crippen LogP contribution in [0.25, 0.3) is 0 Å². The van der Waals surface area contributed by atoms with Crippen molar-refractivity contribution in [1.82, 2.24) is 4.90 Å². The normalized spacial score (nSPS) is 23.4. The summed E-state index contributed by atoms with van der Waals surface area (Å²) in [4.78, 5) is 12.2. The Bertz CT molecular complexity index is 361. The third-order valence-corrected chi connectivity index (χ3v) is 3.11. The summed E-state index contributed by atoms with van der Waals surface area (Å²) >= 11 is 0. The zero-order valence-corrected chi connectivity index (χ0v) is 9.74. The zero-order chi connectivity index (χ0) is 12.3. The van der Waals surface area contributed by atoms with Crippen molar-refractivity contribution in [2.75, 3.05) is 26.0 Å². The molecule has 1 amide bonds. The molecule has 0 saturated carbocycles. The minimum absolute atomic E-state index is 0.236. The fraction of sp³-hybridized carbons (Fsp3) is 0.875. The van der Waals surface area contributed by atoms with E-state index < -0.39 is 28.7 Å². The maximum Gasteiger partial charge on any atom is 0.264 e. The molecule has 0 spiro atoms. The van der Waals surface area contributed by atoms with Gasteiger partial charge in [-0.2, -0.15) is 8.42 Å². The van der Waals surface area contributed by atoms with Crippen molar-refractivity contribution in [3.63, 3.8) is 0 Å². The fourth-order valence-corrected chi connectivity index (χ4v) is 2.40. The van der Waals surface area contributed by atoms with Gasteiger partial charge in [0.05, 0.1) is 6.26 Å². The predicted octanol–water partition coefficient (Wildman–Crippen LogP) is -0.0889. The van der Waals surface area contributed by atoms with E-state index in [1.165, 1.54) is 4.90 Å². The molecule has 2 radical (unpaired) electrons. The summed E-state index contributed by atoms with van der Waals surface area (Å²) in [6, 6.07) is 0. The van der Waals surface area contributed by atoms with Crippen LogP contribution in [0.3, 0.4) is 0 Å². The average molecular weight is 249 g/mol. The van der Waals surface area contributed by atoms with Crippen LogP contribution in [0.5, 0.6) is 0 Å². The van der Waals surface area contributed by atoms with Crippen LogP contribution in [0.4, 0.5) is 9.18 Å². The first-order valence-corrected chi connectivity index (χ1v) is 6.63. The molecule has 0 aromatic carbocycles. The second kappa shape index (κ2) is 5.14. The third kappa shape index (κ3) is 3.75. The highest BCUT2D eigenvalue weighted by Gasteiger charge is 2.33. The number of rotatable bonds is 4. The molecular weight excluding hydrogens is 236 g/mol. The van der Waals surface area contributed by atoms with Crippen molar-refractivity contribution in [2.45, 2.75) is 12.5 Å². The molecule has 0 bridgehead atoms. The van der Waals surface area contributed by atoms with Gasteiger partial charge < -0.3 is 4.90 Å². The second-order valence-corrected chi connectivity index (χ2v) is 5.43. The van der Waals surface area contributed by atoms with Gasteiger partial charge in [-0.1, -0.05) is 0 Å². The average Bonchev–Trinajstić information content (AvgIpc) is 2.61. The van der Waals surface area contributed by atoms with Crippen molar-refractivity contribution < 1.29 is 21.8 Å². The highest BCUT2D eigenvalue weighted by Crippen LogP contribution is 2.23. The minimum atomic E-state index is -3.69. The lowest BCUT2D eigenvalue weighted by Crippen LogP contribution is -2.33. The van der Waals surface area contributed by atoms with Gasteiger partial charge in [-0.3, -0.25) is 8.98 Å². The standard InChI is InChI=1S/C8H13BFNO4S/c1-16(13,14)15-7(4-10)6-2-3-11(5-6)8(9)12/h6-7H,2-5H2,1H3/t6-,7?/m0/s1. The molecule has 16 heavy (non-hydrogen) atoms. The molecule has 1 rings (SSSR count). The van der Waals surface area contributed by atoms with E-state index in [-0.39, 0.29) is 12.5 Å². The van der Waals surface area contributed by atoms with Crippen molar-refractivity contribution in [3.05, 3.63) is 0 Å². The molecule has 8 heteroatoms. The van der Waals surface area contributed by atoms with Gasteiger partial charge in [0.15, 0.2) is 5.81 Å². The van der Waals surface area contributed by atoms with Gasteiger partial charge in [0.25, 0.3) is 10.1 Å². The number of carbonyl (C=O) groups excluding carboxylic acids is 1. The van der Waals surface area contributed by atoms with Crippen molar-refractivity contribution >= 4 is 23.8 Å². The lowest BCUT2D eigenvalue weighted by Gasteiger charge is -2.20. The van der Waals surface area contributed by atoms with E-state index in [9.17, 15) is 17.6 Å². The number of carbonyl (C=O) groups is 1. The van der Waals surface area contributed by atoms with E-state index >= 15 is 0 Å². The van der Waals surface area contributed by atoms with Gasteiger partial charge >= 0.3 is 0 Å². The Morgan fingerprint density at radius 3 is 2.69 bits per heavy atom. The summed E-state index contributed by atoms with van der Waals surface area (Å²) < 4.78 is 39.0. The highest BCUT2D eigenvalue weighted by atomic mass is 32.2. The molecule has 1 heterocycles. The summed E-state index contributed by atoms with van der Waals surface area (Å²) in [5, 5.41) is 0. The number of likely N-dealkylation sites (tertiary alicyclic amines) is 1. The van der Waals surface area contributed by atoms with Crippen LogP contribution in [0.1, 0.15) is 6.42 Å².